The fraction of sp³-hybridized carbons (Fsp3) is 0.438. The summed E-state index contributed by atoms with van der Waals surface area (Å²) < 4.78 is 11.1. The van der Waals surface area contributed by atoms with E-state index in [1.807, 2.05) is 13.1 Å². The van der Waals surface area contributed by atoms with E-state index in [4.69, 9.17) is 9.26 Å². The maximum absolute atomic E-state index is 5.98. The van der Waals surface area contributed by atoms with Crippen molar-refractivity contribution in [2.75, 3.05) is 19.7 Å². The van der Waals surface area contributed by atoms with Crippen molar-refractivity contribution < 1.29 is 9.26 Å². The lowest BCUT2D eigenvalue weighted by Crippen LogP contribution is -2.38. The summed E-state index contributed by atoms with van der Waals surface area (Å²) in [6.07, 6.45) is 5.03. The van der Waals surface area contributed by atoms with Crippen molar-refractivity contribution in [3.8, 4) is 11.4 Å². The largest absolute Gasteiger partial charge is 0.369 e. The Hall–Kier alpha value is -2.23. The van der Waals surface area contributed by atoms with Crippen molar-refractivity contribution in [1.29, 1.82) is 0 Å². The molecule has 3 aromatic rings. The van der Waals surface area contributed by atoms with Crippen LogP contribution in [-0.2, 0) is 11.3 Å². The van der Waals surface area contributed by atoms with Crippen LogP contribution in [0, 0.1) is 13.8 Å². The van der Waals surface area contributed by atoms with Gasteiger partial charge in [0.15, 0.2) is 0 Å². The monoisotopic (exact) mass is 358 g/mol. The van der Waals surface area contributed by atoms with Crippen LogP contribution in [0.5, 0.6) is 0 Å². The van der Waals surface area contributed by atoms with Crippen LogP contribution < -0.4 is 0 Å². The average molecular weight is 358 g/mol. The van der Waals surface area contributed by atoms with E-state index in [-0.39, 0.29) is 6.10 Å². The lowest BCUT2D eigenvalue weighted by Gasteiger charge is -2.32. The van der Waals surface area contributed by atoms with Crippen molar-refractivity contribution in [2.45, 2.75) is 26.5 Å². The van der Waals surface area contributed by atoms with Crippen LogP contribution in [-0.4, -0.2) is 49.7 Å². The predicted octanol–water partition coefficient (Wildman–Crippen LogP) is 2.17. The number of aromatic nitrogens is 5. The maximum atomic E-state index is 5.98. The Kier molecular flexibility index (Phi) is 4.51. The SMILES string of the molecule is Cc1nc(-c2cncnc2C2CN(Cc3cnc(C)s3)CCO2)no1. The van der Waals surface area contributed by atoms with Gasteiger partial charge in [0.1, 0.15) is 12.4 Å². The van der Waals surface area contributed by atoms with E-state index in [9.17, 15) is 0 Å². The summed E-state index contributed by atoms with van der Waals surface area (Å²) >= 11 is 1.73. The molecule has 0 radical (unpaired) electrons. The minimum Gasteiger partial charge on any atom is -0.369 e. The van der Waals surface area contributed by atoms with Crippen molar-refractivity contribution in [1.82, 2.24) is 30.0 Å². The molecule has 0 aromatic carbocycles. The first kappa shape index (κ1) is 16.2. The van der Waals surface area contributed by atoms with Crippen molar-refractivity contribution in [3.63, 3.8) is 0 Å². The average Bonchev–Trinajstić information content (AvgIpc) is 3.23. The Balaban J connectivity index is 1.55. The lowest BCUT2D eigenvalue weighted by atomic mass is 10.1. The Morgan fingerprint density at radius 3 is 2.96 bits per heavy atom. The van der Waals surface area contributed by atoms with Crippen LogP contribution in [0.15, 0.2) is 23.2 Å². The maximum Gasteiger partial charge on any atom is 0.223 e. The van der Waals surface area contributed by atoms with Crippen LogP contribution in [0.4, 0.5) is 0 Å². The molecule has 1 aliphatic rings. The van der Waals surface area contributed by atoms with Gasteiger partial charge in [0, 0.05) is 43.8 Å². The number of hydrogen-bond donors (Lipinski definition) is 0. The van der Waals surface area contributed by atoms with Gasteiger partial charge in [0.05, 0.1) is 22.9 Å². The molecule has 1 aliphatic heterocycles. The molecule has 25 heavy (non-hydrogen) atoms. The summed E-state index contributed by atoms with van der Waals surface area (Å²) in [6.45, 7) is 6.93. The number of thiazole rings is 1. The third-order valence-corrected chi connectivity index (χ3v) is 4.91. The summed E-state index contributed by atoms with van der Waals surface area (Å²) in [6, 6.07) is 0. The van der Waals surface area contributed by atoms with E-state index in [0.29, 0.717) is 18.3 Å². The second-order valence-electron chi connectivity index (χ2n) is 5.90. The van der Waals surface area contributed by atoms with E-state index in [1.165, 1.54) is 11.2 Å². The molecule has 0 saturated carbocycles. The van der Waals surface area contributed by atoms with Gasteiger partial charge in [-0.2, -0.15) is 4.98 Å². The van der Waals surface area contributed by atoms with Gasteiger partial charge in [0.2, 0.25) is 11.7 Å². The summed E-state index contributed by atoms with van der Waals surface area (Å²) in [5, 5.41) is 5.08. The fourth-order valence-corrected chi connectivity index (χ4v) is 3.72. The zero-order valence-corrected chi connectivity index (χ0v) is 14.9. The summed E-state index contributed by atoms with van der Waals surface area (Å²) in [5.74, 6) is 1.00. The van der Waals surface area contributed by atoms with E-state index in [1.54, 1.807) is 24.5 Å². The highest BCUT2D eigenvalue weighted by Gasteiger charge is 2.27. The first-order valence-electron chi connectivity index (χ1n) is 8.05. The van der Waals surface area contributed by atoms with Crippen molar-refractivity contribution in [2.24, 2.45) is 0 Å². The molecule has 9 heteroatoms. The smallest absolute Gasteiger partial charge is 0.223 e. The van der Waals surface area contributed by atoms with Crippen LogP contribution in [0.3, 0.4) is 0 Å². The minimum absolute atomic E-state index is 0.153. The number of nitrogens with zero attached hydrogens (tertiary/aromatic N) is 6. The molecule has 1 unspecified atom stereocenters. The molecule has 130 valence electrons. The van der Waals surface area contributed by atoms with Gasteiger partial charge in [-0.3, -0.25) is 4.90 Å². The van der Waals surface area contributed by atoms with Gasteiger partial charge in [-0.05, 0) is 6.92 Å². The van der Waals surface area contributed by atoms with Crippen LogP contribution in [0.2, 0.25) is 0 Å². The highest BCUT2D eigenvalue weighted by atomic mass is 32.1. The number of morpholine rings is 1. The van der Waals surface area contributed by atoms with Gasteiger partial charge in [0.25, 0.3) is 0 Å². The van der Waals surface area contributed by atoms with Gasteiger partial charge in [-0.1, -0.05) is 5.16 Å². The van der Waals surface area contributed by atoms with Gasteiger partial charge in [-0.25, -0.2) is 15.0 Å². The third-order valence-electron chi connectivity index (χ3n) is 4.02. The van der Waals surface area contributed by atoms with Crippen molar-refractivity contribution >= 4 is 11.3 Å². The summed E-state index contributed by atoms with van der Waals surface area (Å²) in [5.41, 5.74) is 1.54. The molecular weight excluding hydrogens is 340 g/mol. The Labute approximate surface area is 148 Å². The molecule has 0 aliphatic carbocycles. The molecule has 1 saturated heterocycles. The Morgan fingerprint density at radius 1 is 1.28 bits per heavy atom. The van der Waals surface area contributed by atoms with Crippen LogP contribution in [0.1, 0.15) is 27.6 Å². The second kappa shape index (κ2) is 6.95. The highest BCUT2D eigenvalue weighted by molar-refractivity contribution is 7.11. The van der Waals surface area contributed by atoms with Gasteiger partial charge < -0.3 is 9.26 Å². The third kappa shape index (κ3) is 3.58. The molecule has 0 bridgehead atoms. The quantitative estimate of drug-likeness (QED) is 0.701. The first-order chi connectivity index (χ1) is 12.2. The normalized spacial score (nSPS) is 18.6. The predicted molar refractivity (Wildman–Crippen MR) is 90.9 cm³/mol. The summed E-state index contributed by atoms with van der Waals surface area (Å²) in [7, 11) is 0. The fourth-order valence-electron chi connectivity index (χ4n) is 2.89. The molecule has 0 amide bonds. The van der Waals surface area contributed by atoms with E-state index >= 15 is 0 Å². The topological polar surface area (TPSA) is 90.1 Å². The molecule has 0 N–H and O–H groups in total. The molecule has 1 atom stereocenters. The van der Waals surface area contributed by atoms with Gasteiger partial charge >= 0.3 is 0 Å². The molecular formula is C16H18N6O2S. The number of rotatable bonds is 4. The zero-order chi connectivity index (χ0) is 17.2. The number of hydrogen-bond acceptors (Lipinski definition) is 9. The number of aryl methyl sites for hydroxylation is 2. The molecule has 0 spiro atoms. The molecule has 1 fully saturated rings. The molecule has 4 heterocycles. The first-order valence-corrected chi connectivity index (χ1v) is 8.86. The number of ether oxygens (including phenoxy) is 1. The zero-order valence-electron chi connectivity index (χ0n) is 14.0. The Morgan fingerprint density at radius 2 is 2.20 bits per heavy atom. The van der Waals surface area contributed by atoms with E-state index in [2.05, 4.69) is 30.0 Å². The highest BCUT2D eigenvalue weighted by Crippen LogP contribution is 2.29. The standard InChI is InChI=1S/C16H18N6O2S/c1-10-20-16(21-24-10)13-6-17-9-19-15(13)14-8-22(3-4-23-14)7-12-5-18-11(2)25-12/h5-6,9,14H,3-4,7-8H2,1-2H3. The minimum atomic E-state index is -0.153. The van der Waals surface area contributed by atoms with E-state index < -0.39 is 0 Å². The van der Waals surface area contributed by atoms with Crippen molar-refractivity contribution in [3.05, 3.63) is 40.2 Å². The summed E-state index contributed by atoms with van der Waals surface area (Å²) in [4.78, 5) is 20.8. The second-order valence-corrected chi connectivity index (χ2v) is 7.22. The molecule has 8 nitrogen and oxygen atoms in total. The molecule has 4 rings (SSSR count). The van der Waals surface area contributed by atoms with Crippen LogP contribution in [0.25, 0.3) is 11.4 Å². The molecule has 3 aromatic heterocycles. The van der Waals surface area contributed by atoms with E-state index in [0.717, 1.165) is 35.9 Å². The lowest BCUT2D eigenvalue weighted by molar-refractivity contribution is -0.0344. The Bertz CT molecular complexity index is 864. The van der Waals surface area contributed by atoms with Gasteiger partial charge in [-0.15, -0.1) is 11.3 Å². The van der Waals surface area contributed by atoms with Crippen LogP contribution >= 0.6 is 11.3 Å².